The van der Waals surface area contributed by atoms with Gasteiger partial charge in [0.1, 0.15) is 6.54 Å². The average molecular weight is 305 g/mol. The highest BCUT2D eigenvalue weighted by Crippen LogP contribution is 2.10. The lowest BCUT2D eigenvalue weighted by molar-refractivity contribution is -0.919. The molecule has 1 aromatic rings. The van der Waals surface area contributed by atoms with Crippen molar-refractivity contribution in [3.8, 4) is 0 Å². The molecule has 0 aromatic heterocycles. The first-order valence-corrected chi connectivity index (χ1v) is 8.50. The molecular weight excluding hydrogens is 274 g/mol. The minimum Gasteiger partial charge on any atom is -0.350 e. The van der Waals surface area contributed by atoms with Crippen molar-refractivity contribution in [2.45, 2.75) is 26.3 Å². The van der Waals surface area contributed by atoms with Crippen LogP contribution < -0.4 is 15.1 Å². The van der Waals surface area contributed by atoms with Crippen molar-refractivity contribution >= 4 is 5.91 Å². The summed E-state index contributed by atoms with van der Waals surface area (Å²) >= 11 is 0. The molecule has 0 saturated carbocycles. The standard InChI is InChI=1S/C18H29N3O/c1-15-5-4-6-16(13-15)14-21-10-7-17(8-11-21)18(22)19-9-12-20(2)3/h4-6,13,17H,7-12,14H2,1-3H3,(H,19,22)/p+2. The average Bonchev–Trinajstić information content (AvgIpc) is 2.47. The van der Waals surface area contributed by atoms with E-state index in [0.717, 1.165) is 45.6 Å². The van der Waals surface area contributed by atoms with Gasteiger partial charge in [-0.2, -0.15) is 0 Å². The first-order valence-electron chi connectivity index (χ1n) is 8.50. The number of rotatable bonds is 6. The smallest absolute Gasteiger partial charge is 0.223 e. The number of piperidine rings is 1. The second-order valence-electron chi connectivity index (χ2n) is 6.94. The molecule has 0 bridgehead atoms. The molecule has 1 amide bonds. The first-order chi connectivity index (χ1) is 10.5. The van der Waals surface area contributed by atoms with Crippen molar-refractivity contribution < 1.29 is 14.6 Å². The number of carbonyl (C=O) groups is 1. The quantitative estimate of drug-likeness (QED) is 0.623. The molecule has 1 heterocycles. The zero-order valence-corrected chi connectivity index (χ0v) is 14.2. The molecule has 0 aliphatic carbocycles. The molecule has 1 aromatic carbocycles. The molecule has 1 saturated heterocycles. The van der Waals surface area contributed by atoms with Crippen LogP contribution in [0.1, 0.15) is 24.0 Å². The Morgan fingerprint density at radius 2 is 2.05 bits per heavy atom. The predicted octanol–water partition coefficient (Wildman–Crippen LogP) is -0.949. The van der Waals surface area contributed by atoms with Gasteiger partial charge in [0.15, 0.2) is 0 Å². The van der Waals surface area contributed by atoms with Crippen LogP contribution in [0.25, 0.3) is 0 Å². The number of likely N-dealkylation sites (N-methyl/N-ethyl adjacent to an activating group) is 1. The molecule has 122 valence electrons. The van der Waals surface area contributed by atoms with E-state index in [9.17, 15) is 4.79 Å². The van der Waals surface area contributed by atoms with Gasteiger partial charge in [-0.3, -0.25) is 4.79 Å². The van der Waals surface area contributed by atoms with E-state index in [0.29, 0.717) is 0 Å². The number of amides is 1. The normalized spacial score (nSPS) is 21.8. The highest BCUT2D eigenvalue weighted by molar-refractivity contribution is 5.78. The fourth-order valence-corrected chi connectivity index (χ4v) is 3.16. The summed E-state index contributed by atoms with van der Waals surface area (Å²) < 4.78 is 0. The maximum absolute atomic E-state index is 12.2. The van der Waals surface area contributed by atoms with Crippen molar-refractivity contribution in [2.24, 2.45) is 5.92 Å². The van der Waals surface area contributed by atoms with Crippen LogP contribution in [0.4, 0.5) is 0 Å². The van der Waals surface area contributed by atoms with Gasteiger partial charge in [0.2, 0.25) is 5.91 Å². The van der Waals surface area contributed by atoms with Gasteiger partial charge >= 0.3 is 0 Å². The number of hydrogen-bond acceptors (Lipinski definition) is 1. The fraction of sp³-hybridized carbons (Fsp3) is 0.611. The fourth-order valence-electron chi connectivity index (χ4n) is 3.16. The highest BCUT2D eigenvalue weighted by atomic mass is 16.1. The van der Waals surface area contributed by atoms with E-state index in [1.807, 2.05) is 0 Å². The number of nitrogens with one attached hydrogen (secondary N) is 3. The van der Waals surface area contributed by atoms with Crippen molar-refractivity contribution in [3.63, 3.8) is 0 Å². The Labute approximate surface area is 134 Å². The van der Waals surface area contributed by atoms with E-state index >= 15 is 0 Å². The number of carbonyl (C=O) groups excluding carboxylic acids is 1. The van der Waals surface area contributed by atoms with Crippen LogP contribution in [0.15, 0.2) is 24.3 Å². The van der Waals surface area contributed by atoms with Crippen molar-refractivity contribution in [1.29, 1.82) is 0 Å². The topological polar surface area (TPSA) is 38.0 Å². The first kappa shape index (κ1) is 17.0. The van der Waals surface area contributed by atoms with Gasteiger partial charge in [-0.05, 0) is 6.92 Å². The highest BCUT2D eigenvalue weighted by Gasteiger charge is 2.27. The molecule has 0 unspecified atom stereocenters. The summed E-state index contributed by atoms with van der Waals surface area (Å²) in [4.78, 5) is 15.1. The third-order valence-electron chi connectivity index (χ3n) is 4.52. The van der Waals surface area contributed by atoms with Gasteiger partial charge in [0, 0.05) is 24.3 Å². The Morgan fingerprint density at radius 3 is 2.68 bits per heavy atom. The lowest BCUT2D eigenvalue weighted by Gasteiger charge is -2.28. The Bertz CT molecular complexity index is 479. The summed E-state index contributed by atoms with van der Waals surface area (Å²) in [6.07, 6.45) is 2.03. The maximum atomic E-state index is 12.2. The molecule has 1 fully saturated rings. The monoisotopic (exact) mass is 305 g/mol. The molecule has 22 heavy (non-hydrogen) atoms. The van der Waals surface area contributed by atoms with Crippen LogP contribution in [-0.2, 0) is 11.3 Å². The maximum Gasteiger partial charge on any atom is 0.223 e. The molecule has 0 atom stereocenters. The molecule has 4 heteroatoms. The molecule has 0 spiro atoms. The van der Waals surface area contributed by atoms with Crippen LogP contribution in [0.2, 0.25) is 0 Å². The number of likely N-dealkylation sites (tertiary alicyclic amines) is 1. The van der Waals surface area contributed by atoms with Crippen LogP contribution in [-0.4, -0.2) is 46.2 Å². The Balaban J connectivity index is 1.72. The minimum absolute atomic E-state index is 0.221. The molecule has 1 aliphatic rings. The number of benzene rings is 1. The van der Waals surface area contributed by atoms with Crippen LogP contribution in [0.5, 0.6) is 0 Å². The van der Waals surface area contributed by atoms with Gasteiger partial charge in [0.25, 0.3) is 0 Å². The van der Waals surface area contributed by atoms with E-state index < -0.39 is 0 Å². The van der Waals surface area contributed by atoms with E-state index in [4.69, 9.17) is 0 Å². The van der Waals surface area contributed by atoms with Gasteiger partial charge in [0.05, 0.1) is 40.3 Å². The summed E-state index contributed by atoms with van der Waals surface area (Å²) in [7, 11) is 4.22. The molecule has 3 N–H and O–H groups in total. The second-order valence-corrected chi connectivity index (χ2v) is 6.94. The zero-order valence-electron chi connectivity index (χ0n) is 14.2. The molecular formula is C18H31N3O+2. The van der Waals surface area contributed by atoms with Gasteiger partial charge < -0.3 is 15.1 Å². The van der Waals surface area contributed by atoms with E-state index in [2.05, 4.69) is 50.6 Å². The lowest BCUT2D eigenvalue weighted by Crippen LogP contribution is -3.11. The summed E-state index contributed by atoms with van der Waals surface area (Å²) in [6, 6.07) is 8.76. The number of quaternary nitrogens is 2. The number of hydrogen-bond donors (Lipinski definition) is 3. The summed E-state index contributed by atoms with van der Waals surface area (Å²) in [5.74, 6) is 0.481. The Morgan fingerprint density at radius 1 is 1.32 bits per heavy atom. The largest absolute Gasteiger partial charge is 0.350 e. The van der Waals surface area contributed by atoms with Gasteiger partial charge in [-0.15, -0.1) is 0 Å². The Kier molecular flexibility index (Phi) is 6.40. The zero-order chi connectivity index (χ0) is 15.9. The SMILES string of the molecule is Cc1cccc(C[NH+]2CCC(C(=O)NCC[NH+](C)C)CC2)c1. The summed E-state index contributed by atoms with van der Waals surface area (Å²) in [5.41, 5.74) is 2.74. The van der Waals surface area contributed by atoms with Crippen LogP contribution in [0.3, 0.4) is 0 Å². The minimum atomic E-state index is 0.221. The Hall–Kier alpha value is -1.39. The molecule has 1 aliphatic heterocycles. The van der Waals surface area contributed by atoms with Gasteiger partial charge in [-0.25, -0.2) is 0 Å². The third-order valence-corrected chi connectivity index (χ3v) is 4.52. The molecule has 2 rings (SSSR count). The van der Waals surface area contributed by atoms with Gasteiger partial charge in [-0.1, -0.05) is 29.8 Å². The van der Waals surface area contributed by atoms with Crippen molar-refractivity contribution in [2.75, 3.05) is 40.3 Å². The van der Waals surface area contributed by atoms with Crippen LogP contribution >= 0.6 is 0 Å². The molecule has 4 nitrogen and oxygen atoms in total. The van der Waals surface area contributed by atoms with E-state index in [1.54, 1.807) is 4.90 Å². The molecule has 0 radical (unpaired) electrons. The lowest BCUT2D eigenvalue weighted by atomic mass is 9.95. The van der Waals surface area contributed by atoms with Crippen molar-refractivity contribution in [3.05, 3.63) is 35.4 Å². The van der Waals surface area contributed by atoms with E-state index in [-0.39, 0.29) is 11.8 Å². The van der Waals surface area contributed by atoms with E-state index in [1.165, 1.54) is 16.0 Å². The second kappa shape index (κ2) is 8.30. The summed E-state index contributed by atoms with van der Waals surface area (Å²) in [5, 5.41) is 3.09. The third kappa shape index (κ3) is 5.43. The van der Waals surface area contributed by atoms with Crippen LogP contribution in [0, 0.1) is 12.8 Å². The summed E-state index contributed by atoms with van der Waals surface area (Å²) in [6.45, 7) is 7.21. The number of aryl methyl sites for hydroxylation is 1. The van der Waals surface area contributed by atoms with Crippen molar-refractivity contribution in [1.82, 2.24) is 5.32 Å². The predicted molar refractivity (Wildman–Crippen MR) is 89.0 cm³/mol.